The first-order valence-electron chi connectivity index (χ1n) is 6.47. The fraction of sp³-hybridized carbons (Fsp3) is 0.188. The van der Waals surface area contributed by atoms with Crippen LogP contribution in [0.2, 0.25) is 0 Å². The average molecular weight is 310 g/mol. The molecule has 2 rings (SSSR count). The van der Waals surface area contributed by atoms with Crippen LogP contribution in [0.4, 0.5) is 13.2 Å². The molecule has 0 aromatic heterocycles. The number of hydrogen-bond acceptors (Lipinski definition) is 2. The highest BCUT2D eigenvalue weighted by Crippen LogP contribution is 2.29. The summed E-state index contributed by atoms with van der Waals surface area (Å²) in [4.78, 5) is 11.2. The van der Waals surface area contributed by atoms with E-state index < -0.39 is 23.8 Å². The highest BCUT2D eigenvalue weighted by Gasteiger charge is 2.31. The van der Waals surface area contributed by atoms with Gasteiger partial charge in [-0.2, -0.15) is 13.2 Å². The number of para-hydroxylation sites is 1. The number of hydrogen-bond donors (Lipinski definition) is 1. The number of carboxylic acids is 1. The summed E-state index contributed by atoms with van der Waals surface area (Å²) in [7, 11) is 0. The second-order valence-corrected chi connectivity index (χ2v) is 4.66. The van der Waals surface area contributed by atoms with E-state index in [1.807, 2.05) is 0 Å². The standard InChI is InChI=1S/C16H13F3O3/c17-16(18,19)12-6-4-5-11(9-12)10-14(15(20)21)22-13-7-2-1-3-8-13/h1-9,14H,10H2,(H,20,21). The van der Waals surface area contributed by atoms with Crippen LogP contribution in [-0.4, -0.2) is 17.2 Å². The van der Waals surface area contributed by atoms with E-state index in [0.29, 0.717) is 5.75 Å². The summed E-state index contributed by atoms with van der Waals surface area (Å²) in [5.74, 6) is -0.886. The van der Waals surface area contributed by atoms with E-state index in [1.54, 1.807) is 30.3 Å². The molecule has 0 heterocycles. The number of benzene rings is 2. The molecular weight excluding hydrogens is 297 g/mol. The Bertz CT molecular complexity index is 639. The van der Waals surface area contributed by atoms with Crippen LogP contribution < -0.4 is 4.74 Å². The molecule has 3 nitrogen and oxygen atoms in total. The maximum Gasteiger partial charge on any atom is 0.416 e. The van der Waals surface area contributed by atoms with Gasteiger partial charge in [-0.25, -0.2) is 4.79 Å². The maximum atomic E-state index is 12.7. The largest absolute Gasteiger partial charge is 0.478 e. The van der Waals surface area contributed by atoms with Gasteiger partial charge in [0.05, 0.1) is 5.56 Å². The lowest BCUT2D eigenvalue weighted by Gasteiger charge is -2.16. The summed E-state index contributed by atoms with van der Waals surface area (Å²) in [6.07, 6.45) is -5.88. The van der Waals surface area contributed by atoms with Crippen LogP contribution in [0, 0.1) is 0 Å². The van der Waals surface area contributed by atoms with Crippen molar-refractivity contribution in [1.82, 2.24) is 0 Å². The number of carbonyl (C=O) groups is 1. The number of ether oxygens (including phenoxy) is 1. The van der Waals surface area contributed by atoms with Gasteiger partial charge in [-0.3, -0.25) is 0 Å². The summed E-state index contributed by atoms with van der Waals surface area (Å²) < 4.78 is 43.3. The number of rotatable bonds is 5. The van der Waals surface area contributed by atoms with Crippen LogP contribution in [0.15, 0.2) is 54.6 Å². The predicted octanol–water partition coefficient (Wildman–Crippen LogP) is 3.78. The average Bonchev–Trinajstić information content (AvgIpc) is 2.47. The molecule has 0 amide bonds. The molecule has 0 saturated carbocycles. The van der Waals surface area contributed by atoms with Gasteiger partial charge in [0, 0.05) is 6.42 Å². The third-order valence-electron chi connectivity index (χ3n) is 2.97. The lowest BCUT2D eigenvalue weighted by Crippen LogP contribution is -2.29. The molecule has 0 fully saturated rings. The molecule has 0 spiro atoms. The third-order valence-corrected chi connectivity index (χ3v) is 2.97. The SMILES string of the molecule is O=C(O)C(Cc1cccc(C(F)(F)F)c1)Oc1ccccc1. The summed E-state index contributed by atoms with van der Waals surface area (Å²) in [5, 5.41) is 9.18. The minimum Gasteiger partial charge on any atom is -0.478 e. The summed E-state index contributed by atoms with van der Waals surface area (Å²) in [6.45, 7) is 0. The van der Waals surface area contributed by atoms with Gasteiger partial charge in [0.1, 0.15) is 5.75 Å². The molecule has 0 aliphatic heterocycles. The van der Waals surface area contributed by atoms with Crippen LogP contribution >= 0.6 is 0 Å². The van der Waals surface area contributed by atoms with Crippen LogP contribution in [0.25, 0.3) is 0 Å². The van der Waals surface area contributed by atoms with Gasteiger partial charge >= 0.3 is 12.1 Å². The number of halogens is 3. The normalized spacial score (nSPS) is 12.7. The van der Waals surface area contributed by atoms with E-state index in [2.05, 4.69) is 0 Å². The molecule has 1 N–H and O–H groups in total. The van der Waals surface area contributed by atoms with Crippen LogP contribution in [0.5, 0.6) is 5.75 Å². The van der Waals surface area contributed by atoms with E-state index in [1.165, 1.54) is 12.1 Å². The Kier molecular flexibility index (Phi) is 4.70. The van der Waals surface area contributed by atoms with Gasteiger partial charge in [0.2, 0.25) is 0 Å². The Morgan fingerprint density at radius 1 is 1.09 bits per heavy atom. The number of carboxylic acid groups (broad SMARTS) is 1. The number of aliphatic carboxylic acids is 1. The Balaban J connectivity index is 2.16. The van der Waals surface area contributed by atoms with Gasteiger partial charge in [-0.15, -0.1) is 0 Å². The zero-order valence-electron chi connectivity index (χ0n) is 11.4. The minimum atomic E-state index is -4.46. The first-order valence-corrected chi connectivity index (χ1v) is 6.47. The highest BCUT2D eigenvalue weighted by molar-refractivity contribution is 5.73. The smallest absolute Gasteiger partial charge is 0.416 e. The van der Waals surface area contributed by atoms with Gasteiger partial charge in [-0.05, 0) is 23.8 Å². The fourth-order valence-electron chi connectivity index (χ4n) is 1.93. The van der Waals surface area contributed by atoms with E-state index in [9.17, 15) is 23.1 Å². The Morgan fingerprint density at radius 2 is 1.77 bits per heavy atom. The molecule has 2 aromatic carbocycles. The Hall–Kier alpha value is -2.50. The molecule has 1 atom stereocenters. The van der Waals surface area contributed by atoms with E-state index in [-0.39, 0.29) is 12.0 Å². The Labute approximate surface area is 125 Å². The molecule has 0 bridgehead atoms. The maximum absolute atomic E-state index is 12.7. The fourth-order valence-corrected chi connectivity index (χ4v) is 1.93. The predicted molar refractivity (Wildman–Crippen MR) is 73.6 cm³/mol. The van der Waals surface area contributed by atoms with Crippen molar-refractivity contribution >= 4 is 5.97 Å². The van der Waals surface area contributed by atoms with Crippen LogP contribution in [0.3, 0.4) is 0 Å². The first kappa shape index (κ1) is 15.9. The van der Waals surface area contributed by atoms with Crippen LogP contribution in [0.1, 0.15) is 11.1 Å². The van der Waals surface area contributed by atoms with Gasteiger partial charge in [0.15, 0.2) is 6.10 Å². The van der Waals surface area contributed by atoms with E-state index in [0.717, 1.165) is 12.1 Å². The van der Waals surface area contributed by atoms with Crippen molar-refractivity contribution in [1.29, 1.82) is 0 Å². The molecule has 0 aliphatic rings. The van der Waals surface area contributed by atoms with Crippen molar-refractivity contribution in [2.45, 2.75) is 18.7 Å². The minimum absolute atomic E-state index is 0.159. The molecule has 6 heteroatoms. The lowest BCUT2D eigenvalue weighted by molar-refractivity contribution is -0.145. The molecule has 22 heavy (non-hydrogen) atoms. The van der Waals surface area contributed by atoms with Crippen LogP contribution in [-0.2, 0) is 17.4 Å². The van der Waals surface area contributed by atoms with Gasteiger partial charge in [0.25, 0.3) is 0 Å². The van der Waals surface area contributed by atoms with Crippen molar-refractivity contribution < 1.29 is 27.8 Å². The van der Waals surface area contributed by atoms with Crippen molar-refractivity contribution in [3.8, 4) is 5.75 Å². The molecule has 0 saturated heterocycles. The molecule has 1 unspecified atom stereocenters. The van der Waals surface area contributed by atoms with Crippen molar-refractivity contribution in [3.05, 3.63) is 65.7 Å². The number of alkyl halides is 3. The molecular formula is C16H13F3O3. The quantitative estimate of drug-likeness (QED) is 0.914. The summed E-state index contributed by atoms with van der Waals surface area (Å²) in [5.41, 5.74) is -0.563. The van der Waals surface area contributed by atoms with Gasteiger partial charge < -0.3 is 9.84 Å². The monoisotopic (exact) mass is 310 g/mol. The van der Waals surface area contributed by atoms with Gasteiger partial charge in [-0.1, -0.05) is 36.4 Å². The topological polar surface area (TPSA) is 46.5 Å². The summed E-state index contributed by atoms with van der Waals surface area (Å²) >= 11 is 0. The summed E-state index contributed by atoms with van der Waals surface area (Å²) in [6, 6.07) is 12.8. The second-order valence-electron chi connectivity index (χ2n) is 4.66. The lowest BCUT2D eigenvalue weighted by atomic mass is 10.0. The van der Waals surface area contributed by atoms with Crippen molar-refractivity contribution in [2.24, 2.45) is 0 Å². The third kappa shape index (κ3) is 4.25. The van der Waals surface area contributed by atoms with Crippen molar-refractivity contribution in [3.63, 3.8) is 0 Å². The highest BCUT2D eigenvalue weighted by atomic mass is 19.4. The molecule has 0 radical (unpaired) electrons. The molecule has 0 aliphatic carbocycles. The first-order chi connectivity index (χ1) is 10.4. The van der Waals surface area contributed by atoms with Crippen molar-refractivity contribution in [2.75, 3.05) is 0 Å². The zero-order valence-corrected chi connectivity index (χ0v) is 11.4. The molecule has 116 valence electrons. The van der Waals surface area contributed by atoms with E-state index in [4.69, 9.17) is 4.74 Å². The Morgan fingerprint density at radius 3 is 2.36 bits per heavy atom. The zero-order chi connectivity index (χ0) is 16.2. The second kappa shape index (κ2) is 6.51. The van der Waals surface area contributed by atoms with E-state index >= 15 is 0 Å². The molecule has 2 aromatic rings.